The average Bonchev–Trinajstić information content (AvgIpc) is 2.44. The van der Waals surface area contributed by atoms with Crippen molar-refractivity contribution in [1.82, 2.24) is 4.98 Å². The van der Waals surface area contributed by atoms with Crippen LogP contribution in [-0.4, -0.2) is 11.0 Å². The largest absolute Gasteiger partial charge is 0.423 e. The normalized spacial score (nSPS) is 22.6. The van der Waals surface area contributed by atoms with Crippen LogP contribution < -0.4 is 4.74 Å². The molecule has 0 amide bonds. The number of ether oxygens (including phenoxy) is 1. The molecule has 1 saturated carbocycles. The third-order valence-corrected chi connectivity index (χ3v) is 4.09. The first kappa shape index (κ1) is 15.2. The van der Waals surface area contributed by atoms with Crippen molar-refractivity contribution in [1.29, 1.82) is 0 Å². The van der Waals surface area contributed by atoms with Gasteiger partial charge < -0.3 is 4.74 Å². The zero-order valence-electron chi connectivity index (χ0n) is 11.2. The number of pyridine rings is 1. The molecule has 0 radical (unpaired) electrons. The van der Waals surface area contributed by atoms with Crippen LogP contribution in [-0.2, 0) is 4.79 Å². The SMILES string of the molecule is CCC1CCC(C(=O)Oc2cc(F)c(F)nc2Cl)CC1. The third kappa shape index (κ3) is 3.45. The maximum absolute atomic E-state index is 13.1. The lowest BCUT2D eigenvalue weighted by atomic mass is 9.81. The van der Waals surface area contributed by atoms with E-state index in [0.717, 1.165) is 38.2 Å². The fourth-order valence-electron chi connectivity index (χ4n) is 2.50. The van der Waals surface area contributed by atoms with Crippen molar-refractivity contribution >= 4 is 17.6 Å². The summed E-state index contributed by atoms with van der Waals surface area (Å²) in [7, 11) is 0. The fraction of sp³-hybridized carbons (Fsp3) is 0.571. The molecule has 1 heterocycles. The number of aromatic nitrogens is 1. The highest BCUT2D eigenvalue weighted by molar-refractivity contribution is 6.30. The highest BCUT2D eigenvalue weighted by Crippen LogP contribution is 2.32. The first-order valence-corrected chi connectivity index (χ1v) is 7.12. The van der Waals surface area contributed by atoms with E-state index in [2.05, 4.69) is 11.9 Å². The molecular formula is C14H16ClF2NO2. The van der Waals surface area contributed by atoms with Gasteiger partial charge in [-0.2, -0.15) is 4.39 Å². The summed E-state index contributed by atoms with van der Waals surface area (Å²) in [5.41, 5.74) is 0. The van der Waals surface area contributed by atoms with Gasteiger partial charge in [-0.05, 0) is 31.6 Å². The molecule has 2 rings (SSSR count). The Morgan fingerprint density at radius 3 is 2.65 bits per heavy atom. The summed E-state index contributed by atoms with van der Waals surface area (Å²) in [6, 6.07) is 0.750. The summed E-state index contributed by atoms with van der Waals surface area (Å²) >= 11 is 5.64. The van der Waals surface area contributed by atoms with Crippen LogP contribution in [0.3, 0.4) is 0 Å². The fourth-order valence-corrected chi connectivity index (χ4v) is 2.67. The Labute approximate surface area is 121 Å². The average molecular weight is 304 g/mol. The van der Waals surface area contributed by atoms with Gasteiger partial charge >= 0.3 is 5.97 Å². The van der Waals surface area contributed by atoms with Crippen LogP contribution in [0.4, 0.5) is 8.78 Å². The predicted octanol–water partition coefficient (Wildman–Crippen LogP) is 4.14. The molecule has 1 aromatic heterocycles. The smallest absolute Gasteiger partial charge is 0.314 e. The number of nitrogens with zero attached hydrogens (tertiary/aromatic N) is 1. The van der Waals surface area contributed by atoms with E-state index in [-0.39, 0.29) is 16.8 Å². The maximum Gasteiger partial charge on any atom is 0.314 e. The molecule has 6 heteroatoms. The summed E-state index contributed by atoms with van der Waals surface area (Å²) in [4.78, 5) is 15.1. The van der Waals surface area contributed by atoms with E-state index >= 15 is 0 Å². The zero-order valence-corrected chi connectivity index (χ0v) is 11.9. The number of carbonyl (C=O) groups excluding carboxylic acids is 1. The van der Waals surface area contributed by atoms with E-state index in [0.29, 0.717) is 5.92 Å². The van der Waals surface area contributed by atoms with Gasteiger partial charge in [0.25, 0.3) is 5.95 Å². The van der Waals surface area contributed by atoms with Gasteiger partial charge in [-0.15, -0.1) is 0 Å². The molecular weight excluding hydrogens is 288 g/mol. The van der Waals surface area contributed by atoms with Crippen molar-refractivity contribution in [2.24, 2.45) is 11.8 Å². The number of hydrogen-bond acceptors (Lipinski definition) is 3. The number of hydrogen-bond donors (Lipinski definition) is 0. The highest BCUT2D eigenvalue weighted by Gasteiger charge is 2.27. The summed E-state index contributed by atoms with van der Waals surface area (Å²) < 4.78 is 30.9. The second-order valence-electron chi connectivity index (χ2n) is 5.10. The molecule has 1 aromatic rings. The Bertz CT molecular complexity index is 502. The van der Waals surface area contributed by atoms with Crippen LogP contribution in [0.1, 0.15) is 39.0 Å². The molecule has 0 aliphatic heterocycles. The topological polar surface area (TPSA) is 39.2 Å². The molecule has 0 spiro atoms. The van der Waals surface area contributed by atoms with Crippen molar-refractivity contribution in [3.05, 3.63) is 23.0 Å². The number of carbonyl (C=O) groups is 1. The van der Waals surface area contributed by atoms with Gasteiger partial charge in [0.05, 0.1) is 5.92 Å². The number of rotatable bonds is 3. The standard InChI is InChI=1S/C14H16ClF2NO2/c1-2-8-3-5-9(6-4-8)14(19)20-11-7-10(16)13(17)18-12(11)15/h7-9H,2-6H2,1H3. The Kier molecular flexibility index (Phi) is 4.91. The summed E-state index contributed by atoms with van der Waals surface area (Å²) in [5, 5.41) is -0.348. The molecule has 0 N–H and O–H groups in total. The van der Waals surface area contributed by atoms with Gasteiger partial charge in [-0.3, -0.25) is 4.79 Å². The monoisotopic (exact) mass is 303 g/mol. The minimum atomic E-state index is -1.31. The molecule has 0 aromatic carbocycles. The summed E-state index contributed by atoms with van der Waals surface area (Å²) in [5.74, 6) is -2.72. The van der Waals surface area contributed by atoms with E-state index in [1.165, 1.54) is 0 Å². The maximum atomic E-state index is 13.1. The third-order valence-electron chi connectivity index (χ3n) is 3.82. The first-order chi connectivity index (χ1) is 9.51. The molecule has 1 fully saturated rings. The lowest BCUT2D eigenvalue weighted by molar-refractivity contribution is -0.140. The second-order valence-corrected chi connectivity index (χ2v) is 5.45. The molecule has 0 bridgehead atoms. The van der Waals surface area contributed by atoms with Gasteiger partial charge in [0, 0.05) is 6.07 Å². The van der Waals surface area contributed by atoms with Crippen molar-refractivity contribution in [3.8, 4) is 5.75 Å². The molecule has 110 valence electrons. The van der Waals surface area contributed by atoms with Crippen LogP contribution in [0.15, 0.2) is 6.07 Å². The number of halogens is 3. The van der Waals surface area contributed by atoms with E-state index in [9.17, 15) is 13.6 Å². The van der Waals surface area contributed by atoms with Gasteiger partial charge in [-0.1, -0.05) is 24.9 Å². The Balaban J connectivity index is 2.00. The second kappa shape index (κ2) is 6.48. The summed E-state index contributed by atoms with van der Waals surface area (Å²) in [6.45, 7) is 2.13. The lowest BCUT2D eigenvalue weighted by Crippen LogP contribution is -2.25. The van der Waals surface area contributed by atoms with Crippen LogP contribution in [0.25, 0.3) is 0 Å². The van der Waals surface area contributed by atoms with Gasteiger partial charge in [-0.25, -0.2) is 9.37 Å². The Hall–Kier alpha value is -1.23. The van der Waals surface area contributed by atoms with Crippen LogP contribution in [0, 0.1) is 23.6 Å². The van der Waals surface area contributed by atoms with Crippen molar-refractivity contribution in [3.63, 3.8) is 0 Å². The lowest BCUT2D eigenvalue weighted by Gasteiger charge is -2.26. The van der Waals surface area contributed by atoms with Crippen molar-refractivity contribution in [2.45, 2.75) is 39.0 Å². The van der Waals surface area contributed by atoms with Gasteiger partial charge in [0.15, 0.2) is 16.7 Å². The quantitative estimate of drug-likeness (QED) is 0.622. The van der Waals surface area contributed by atoms with Gasteiger partial charge in [0.1, 0.15) is 0 Å². The Morgan fingerprint density at radius 2 is 2.05 bits per heavy atom. The number of esters is 1. The zero-order chi connectivity index (χ0) is 14.7. The van der Waals surface area contributed by atoms with Crippen LogP contribution >= 0.6 is 11.6 Å². The molecule has 1 aliphatic carbocycles. The summed E-state index contributed by atoms with van der Waals surface area (Å²) in [6.07, 6.45) is 4.60. The molecule has 20 heavy (non-hydrogen) atoms. The minimum absolute atomic E-state index is 0.206. The van der Waals surface area contributed by atoms with E-state index in [1.807, 2.05) is 0 Å². The van der Waals surface area contributed by atoms with Gasteiger partial charge in [0.2, 0.25) is 0 Å². The predicted molar refractivity (Wildman–Crippen MR) is 70.5 cm³/mol. The van der Waals surface area contributed by atoms with Crippen LogP contribution in [0.2, 0.25) is 5.15 Å². The molecule has 0 atom stereocenters. The van der Waals surface area contributed by atoms with Crippen molar-refractivity contribution in [2.75, 3.05) is 0 Å². The molecule has 0 saturated heterocycles. The molecule has 3 nitrogen and oxygen atoms in total. The van der Waals surface area contributed by atoms with E-state index in [4.69, 9.17) is 16.3 Å². The van der Waals surface area contributed by atoms with Crippen molar-refractivity contribution < 1.29 is 18.3 Å². The molecule has 1 aliphatic rings. The molecule has 0 unspecified atom stereocenters. The Morgan fingerprint density at radius 1 is 1.40 bits per heavy atom. The highest BCUT2D eigenvalue weighted by atomic mass is 35.5. The minimum Gasteiger partial charge on any atom is -0.423 e. The van der Waals surface area contributed by atoms with E-state index in [1.54, 1.807) is 0 Å². The van der Waals surface area contributed by atoms with E-state index < -0.39 is 17.7 Å². The van der Waals surface area contributed by atoms with Crippen LogP contribution in [0.5, 0.6) is 5.75 Å². The first-order valence-electron chi connectivity index (χ1n) is 6.74.